The lowest BCUT2D eigenvalue weighted by atomic mass is 9.76. The van der Waals surface area contributed by atoms with Gasteiger partial charge in [-0.2, -0.15) is 0 Å². The number of aryl methyl sites for hydroxylation is 1. The highest BCUT2D eigenvalue weighted by Gasteiger charge is 2.43. The fourth-order valence-electron chi connectivity index (χ4n) is 3.08. The molecule has 1 N–H and O–H groups in total. The summed E-state index contributed by atoms with van der Waals surface area (Å²) in [7, 11) is 1.61. The highest BCUT2D eigenvalue weighted by Crippen LogP contribution is 2.36. The molecule has 1 atom stereocenters. The Kier molecular flexibility index (Phi) is 5.58. The number of likely N-dealkylation sites (tertiary alicyclic amines) is 1. The number of aliphatic carboxylic acids is 1. The molecule has 6 heteroatoms. The van der Waals surface area contributed by atoms with E-state index >= 15 is 0 Å². The number of hydrogen-bond donors (Lipinski definition) is 1. The van der Waals surface area contributed by atoms with Gasteiger partial charge in [0, 0.05) is 26.8 Å². The summed E-state index contributed by atoms with van der Waals surface area (Å²) in [5.74, 6) is -0.839. The van der Waals surface area contributed by atoms with Crippen molar-refractivity contribution in [2.45, 2.75) is 32.6 Å². The van der Waals surface area contributed by atoms with Crippen LogP contribution in [0.2, 0.25) is 0 Å². The second-order valence-electron chi connectivity index (χ2n) is 5.94. The van der Waals surface area contributed by atoms with Crippen LogP contribution in [0.3, 0.4) is 0 Å². The quantitative estimate of drug-likeness (QED) is 0.817. The van der Waals surface area contributed by atoms with Crippen molar-refractivity contribution < 1.29 is 19.4 Å². The van der Waals surface area contributed by atoms with Crippen molar-refractivity contribution in [3.63, 3.8) is 0 Å². The number of nitrogens with zero attached hydrogens (tertiary/aromatic N) is 1. The fourth-order valence-corrected chi connectivity index (χ4v) is 3.97. The van der Waals surface area contributed by atoms with Gasteiger partial charge >= 0.3 is 5.97 Å². The number of amides is 1. The van der Waals surface area contributed by atoms with E-state index in [1.54, 1.807) is 12.0 Å². The van der Waals surface area contributed by atoms with Gasteiger partial charge in [0.1, 0.15) is 0 Å². The number of methoxy groups -OCH3 is 1. The number of ether oxygens (including phenoxy) is 1. The largest absolute Gasteiger partial charge is 0.481 e. The number of carboxylic acid groups (broad SMARTS) is 1. The van der Waals surface area contributed by atoms with Gasteiger partial charge in [-0.25, -0.2) is 0 Å². The molecule has 0 bridgehead atoms. The minimum Gasteiger partial charge on any atom is -0.481 e. The summed E-state index contributed by atoms with van der Waals surface area (Å²) in [5.41, 5.74) is 0.123. The molecule has 22 heavy (non-hydrogen) atoms. The Morgan fingerprint density at radius 3 is 2.86 bits per heavy atom. The topological polar surface area (TPSA) is 66.8 Å². The maximum absolute atomic E-state index is 12.6. The van der Waals surface area contributed by atoms with Gasteiger partial charge in [0.2, 0.25) is 0 Å². The molecule has 1 aliphatic heterocycles. The molecule has 1 aromatic rings. The van der Waals surface area contributed by atoms with Crippen molar-refractivity contribution in [2.75, 3.05) is 26.8 Å². The van der Waals surface area contributed by atoms with Gasteiger partial charge in [-0.05, 0) is 49.6 Å². The Morgan fingerprint density at radius 2 is 2.27 bits per heavy atom. The van der Waals surface area contributed by atoms with E-state index in [0.29, 0.717) is 39.0 Å². The maximum Gasteiger partial charge on any atom is 0.311 e. The van der Waals surface area contributed by atoms with Gasteiger partial charge in [0.05, 0.1) is 10.3 Å². The molecule has 0 aromatic carbocycles. The standard InChI is InChI=1S/C16H23NO4S/c1-12-5-10-22-13(12)14(18)17-8-3-6-16(11-17,15(19)20)7-4-9-21-2/h5,10H,3-4,6-9,11H2,1-2H3,(H,19,20)/t16-/m0/s1. The minimum atomic E-state index is -0.836. The molecule has 2 heterocycles. The molecule has 1 saturated heterocycles. The summed E-state index contributed by atoms with van der Waals surface area (Å²) in [6.07, 6.45) is 2.60. The summed E-state index contributed by atoms with van der Waals surface area (Å²) < 4.78 is 5.03. The highest BCUT2D eigenvalue weighted by atomic mass is 32.1. The van der Waals surface area contributed by atoms with Gasteiger partial charge < -0.3 is 14.7 Å². The normalized spacial score (nSPS) is 21.8. The monoisotopic (exact) mass is 325 g/mol. The van der Waals surface area contributed by atoms with Gasteiger partial charge in [0.25, 0.3) is 5.91 Å². The first kappa shape index (κ1) is 17.0. The second kappa shape index (κ2) is 7.24. The zero-order chi connectivity index (χ0) is 16.2. The van der Waals surface area contributed by atoms with Crippen LogP contribution < -0.4 is 0 Å². The van der Waals surface area contributed by atoms with Crippen LogP contribution in [0.15, 0.2) is 11.4 Å². The third-order valence-corrected chi connectivity index (χ3v) is 5.38. The number of piperidine rings is 1. The lowest BCUT2D eigenvalue weighted by Crippen LogP contribution is -2.50. The molecule has 0 radical (unpaired) electrons. The summed E-state index contributed by atoms with van der Waals surface area (Å²) in [4.78, 5) is 26.9. The molecule has 122 valence electrons. The van der Waals surface area contributed by atoms with E-state index in [0.717, 1.165) is 16.9 Å². The van der Waals surface area contributed by atoms with Gasteiger partial charge in [-0.3, -0.25) is 9.59 Å². The molecule has 0 unspecified atom stereocenters. The van der Waals surface area contributed by atoms with Gasteiger partial charge in [-0.1, -0.05) is 0 Å². The summed E-state index contributed by atoms with van der Waals surface area (Å²) >= 11 is 1.42. The fraction of sp³-hybridized carbons (Fsp3) is 0.625. The molecule has 1 aromatic heterocycles. The minimum absolute atomic E-state index is 0.0374. The first-order valence-corrected chi connectivity index (χ1v) is 8.44. The molecule has 2 rings (SSSR count). The Balaban J connectivity index is 2.13. The predicted octanol–water partition coefficient (Wildman–Crippen LogP) is 2.79. The van der Waals surface area contributed by atoms with E-state index < -0.39 is 11.4 Å². The number of thiophene rings is 1. The van der Waals surface area contributed by atoms with E-state index in [1.165, 1.54) is 11.3 Å². The Labute approximate surface area is 134 Å². The van der Waals surface area contributed by atoms with Crippen LogP contribution in [0.25, 0.3) is 0 Å². The second-order valence-corrected chi connectivity index (χ2v) is 6.86. The van der Waals surface area contributed by atoms with Gasteiger partial charge in [0.15, 0.2) is 0 Å². The third-order valence-electron chi connectivity index (χ3n) is 4.38. The molecule has 0 aliphatic carbocycles. The molecule has 1 aliphatic rings. The maximum atomic E-state index is 12.6. The number of rotatable bonds is 6. The van der Waals surface area contributed by atoms with Gasteiger partial charge in [-0.15, -0.1) is 11.3 Å². The number of hydrogen-bond acceptors (Lipinski definition) is 4. The van der Waals surface area contributed by atoms with Crippen LogP contribution in [0.5, 0.6) is 0 Å². The molecule has 0 saturated carbocycles. The van der Waals surface area contributed by atoms with Crippen LogP contribution in [-0.2, 0) is 9.53 Å². The summed E-state index contributed by atoms with van der Waals surface area (Å²) in [6, 6.07) is 1.92. The molecule has 1 fully saturated rings. The molecule has 0 spiro atoms. The van der Waals surface area contributed by atoms with E-state index in [9.17, 15) is 14.7 Å². The highest BCUT2D eigenvalue weighted by molar-refractivity contribution is 7.12. The first-order valence-electron chi connectivity index (χ1n) is 7.56. The summed E-state index contributed by atoms with van der Waals surface area (Å²) in [6.45, 7) is 3.39. The van der Waals surface area contributed by atoms with Crippen LogP contribution in [-0.4, -0.2) is 48.7 Å². The average Bonchev–Trinajstić information content (AvgIpc) is 2.93. The smallest absolute Gasteiger partial charge is 0.311 e. The van der Waals surface area contributed by atoms with Crippen LogP contribution in [0.1, 0.15) is 40.9 Å². The van der Waals surface area contributed by atoms with Crippen molar-refractivity contribution in [1.29, 1.82) is 0 Å². The summed E-state index contributed by atoms with van der Waals surface area (Å²) in [5, 5.41) is 11.6. The molecule has 1 amide bonds. The predicted molar refractivity (Wildman–Crippen MR) is 85.4 cm³/mol. The van der Waals surface area contributed by atoms with Crippen molar-refractivity contribution in [3.05, 3.63) is 21.9 Å². The number of carbonyl (C=O) groups excluding carboxylic acids is 1. The van der Waals surface area contributed by atoms with Crippen molar-refractivity contribution in [3.8, 4) is 0 Å². The van der Waals surface area contributed by atoms with Crippen LogP contribution in [0.4, 0.5) is 0 Å². The van der Waals surface area contributed by atoms with E-state index in [1.807, 2.05) is 18.4 Å². The van der Waals surface area contributed by atoms with Crippen molar-refractivity contribution >= 4 is 23.2 Å². The zero-order valence-corrected chi connectivity index (χ0v) is 13.9. The number of carbonyl (C=O) groups is 2. The number of carboxylic acids is 1. The third kappa shape index (κ3) is 3.50. The Bertz CT molecular complexity index is 542. The van der Waals surface area contributed by atoms with E-state index in [2.05, 4.69) is 0 Å². The molecule has 5 nitrogen and oxygen atoms in total. The SMILES string of the molecule is COCCC[C@@]1(C(=O)O)CCCN(C(=O)c2sccc2C)C1. The molecular weight excluding hydrogens is 302 g/mol. The van der Waals surface area contributed by atoms with Crippen molar-refractivity contribution in [2.24, 2.45) is 5.41 Å². The van der Waals surface area contributed by atoms with Crippen LogP contribution >= 0.6 is 11.3 Å². The first-order chi connectivity index (χ1) is 10.5. The average molecular weight is 325 g/mol. The zero-order valence-electron chi connectivity index (χ0n) is 13.1. The van der Waals surface area contributed by atoms with E-state index in [-0.39, 0.29) is 5.91 Å². The Morgan fingerprint density at radius 1 is 1.50 bits per heavy atom. The van der Waals surface area contributed by atoms with Crippen molar-refractivity contribution in [1.82, 2.24) is 4.90 Å². The lowest BCUT2D eigenvalue weighted by molar-refractivity contribution is -0.152. The molecular formula is C16H23NO4S. The van der Waals surface area contributed by atoms with Crippen LogP contribution in [0, 0.1) is 12.3 Å². The lowest BCUT2D eigenvalue weighted by Gasteiger charge is -2.40. The Hall–Kier alpha value is -1.40. The van der Waals surface area contributed by atoms with E-state index in [4.69, 9.17) is 4.74 Å².